The predicted octanol–water partition coefficient (Wildman–Crippen LogP) is 3.90. The SMILES string of the molecule is CNCc1ccc(-c2ccc(-c3sccc3C(N)=O)cc2)cc1. The summed E-state index contributed by atoms with van der Waals surface area (Å²) in [5, 5.41) is 5.04. The van der Waals surface area contributed by atoms with Crippen molar-refractivity contribution in [1.82, 2.24) is 5.32 Å². The molecule has 0 unspecified atom stereocenters. The van der Waals surface area contributed by atoms with Gasteiger partial charge in [0.05, 0.1) is 5.56 Å². The van der Waals surface area contributed by atoms with Crippen molar-refractivity contribution >= 4 is 17.2 Å². The van der Waals surface area contributed by atoms with Crippen LogP contribution in [0.25, 0.3) is 21.6 Å². The summed E-state index contributed by atoms with van der Waals surface area (Å²) in [5.41, 5.74) is 10.6. The zero-order valence-corrected chi connectivity index (χ0v) is 13.7. The van der Waals surface area contributed by atoms with Gasteiger partial charge in [0.2, 0.25) is 5.91 Å². The standard InChI is InChI=1S/C19H18N2OS/c1-21-12-13-2-4-14(5-3-13)15-6-8-16(9-7-15)18-17(19(20)22)10-11-23-18/h2-11,21H,12H2,1H3,(H2,20,22). The van der Waals surface area contributed by atoms with Gasteiger partial charge < -0.3 is 11.1 Å². The Morgan fingerprint density at radius 1 is 0.957 bits per heavy atom. The van der Waals surface area contributed by atoms with E-state index in [0.29, 0.717) is 5.56 Å². The van der Waals surface area contributed by atoms with E-state index < -0.39 is 0 Å². The number of amides is 1. The number of hydrogen-bond donors (Lipinski definition) is 2. The van der Waals surface area contributed by atoms with E-state index >= 15 is 0 Å². The molecule has 2 aromatic carbocycles. The van der Waals surface area contributed by atoms with Crippen molar-refractivity contribution in [1.29, 1.82) is 0 Å². The minimum atomic E-state index is -0.384. The smallest absolute Gasteiger partial charge is 0.250 e. The summed E-state index contributed by atoms with van der Waals surface area (Å²) in [6.07, 6.45) is 0. The number of carbonyl (C=O) groups is 1. The van der Waals surface area contributed by atoms with Gasteiger partial charge in [0, 0.05) is 11.4 Å². The average molecular weight is 322 g/mol. The van der Waals surface area contributed by atoms with Gasteiger partial charge in [-0.05, 0) is 40.7 Å². The summed E-state index contributed by atoms with van der Waals surface area (Å²) in [6, 6.07) is 18.5. The van der Waals surface area contributed by atoms with Crippen LogP contribution >= 0.6 is 11.3 Å². The fourth-order valence-corrected chi connectivity index (χ4v) is 3.47. The van der Waals surface area contributed by atoms with E-state index in [2.05, 4.69) is 41.7 Å². The molecule has 1 aromatic heterocycles. The maximum absolute atomic E-state index is 11.5. The van der Waals surface area contributed by atoms with E-state index in [-0.39, 0.29) is 5.91 Å². The second-order valence-corrected chi connectivity index (χ2v) is 6.25. The second-order valence-electron chi connectivity index (χ2n) is 5.33. The lowest BCUT2D eigenvalue weighted by Crippen LogP contribution is -2.10. The van der Waals surface area contributed by atoms with Crippen LogP contribution in [0, 0.1) is 0 Å². The molecule has 3 aromatic rings. The monoisotopic (exact) mass is 322 g/mol. The van der Waals surface area contributed by atoms with Gasteiger partial charge >= 0.3 is 0 Å². The predicted molar refractivity (Wildman–Crippen MR) is 96.5 cm³/mol. The first-order valence-corrected chi connectivity index (χ1v) is 8.28. The van der Waals surface area contributed by atoms with Crippen molar-refractivity contribution < 1.29 is 4.79 Å². The Labute approximate surface area is 139 Å². The Morgan fingerprint density at radius 2 is 1.52 bits per heavy atom. The van der Waals surface area contributed by atoms with Gasteiger partial charge in [0.25, 0.3) is 0 Å². The second kappa shape index (κ2) is 6.77. The van der Waals surface area contributed by atoms with Crippen molar-refractivity contribution in [2.75, 3.05) is 7.05 Å². The molecule has 1 heterocycles. The number of nitrogens with one attached hydrogen (secondary N) is 1. The fourth-order valence-electron chi connectivity index (χ4n) is 2.56. The fraction of sp³-hybridized carbons (Fsp3) is 0.105. The molecule has 0 saturated heterocycles. The highest BCUT2D eigenvalue weighted by molar-refractivity contribution is 7.14. The van der Waals surface area contributed by atoms with Gasteiger partial charge in [-0.1, -0.05) is 48.5 Å². The lowest BCUT2D eigenvalue weighted by Gasteiger charge is -2.06. The minimum absolute atomic E-state index is 0.384. The average Bonchev–Trinajstić information content (AvgIpc) is 3.06. The highest BCUT2D eigenvalue weighted by Gasteiger charge is 2.11. The number of hydrogen-bond acceptors (Lipinski definition) is 3. The molecule has 0 aliphatic rings. The molecule has 3 nitrogen and oxygen atoms in total. The summed E-state index contributed by atoms with van der Waals surface area (Å²) >= 11 is 1.53. The number of nitrogens with two attached hydrogens (primary N) is 1. The van der Waals surface area contributed by atoms with Crippen LogP contribution in [0.3, 0.4) is 0 Å². The summed E-state index contributed by atoms with van der Waals surface area (Å²) < 4.78 is 0. The molecular formula is C19H18N2OS. The first kappa shape index (κ1) is 15.5. The first-order valence-electron chi connectivity index (χ1n) is 7.40. The molecule has 0 atom stereocenters. The molecule has 23 heavy (non-hydrogen) atoms. The molecule has 0 radical (unpaired) electrons. The summed E-state index contributed by atoms with van der Waals surface area (Å²) in [4.78, 5) is 12.4. The van der Waals surface area contributed by atoms with Crippen molar-refractivity contribution in [3.05, 3.63) is 71.1 Å². The minimum Gasteiger partial charge on any atom is -0.366 e. The summed E-state index contributed by atoms with van der Waals surface area (Å²) in [6.45, 7) is 0.869. The number of rotatable bonds is 5. The van der Waals surface area contributed by atoms with Gasteiger partial charge in [-0.3, -0.25) is 4.79 Å². The highest BCUT2D eigenvalue weighted by Crippen LogP contribution is 2.31. The Morgan fingerprint density at radius 3 is 2.09 bits per heavy atom. The summed E-state index contributed by atoms with van der Waals surface area (Å²) in [5.74, 6) is -0.384. The van der Waals surface area contributed by atoms with Gasteiger partial charge in [-0.2, -0.15) is 0 Å². The van der Waals surface area contributed by atoms with Crippen LogP contribution in [0.15, 0.2) is 60.0 Å². The zero-order chi connectivity index (χ0) is 16.2. The number of carbonyl (C=O) groups excluding carboxylic acids is 1. The molecule has 116 valence electrons. The third-order valence-corrected chi connectivity index (χ3v) is 4.71. The van der Waals surface area contributed by atoms with Gasteiger partial charge in [0.15, 0.2) is 0 Å². The van der Waals surface area contributed by atoms with Crippen LogP contribution in [-0.4, -0.2) is 13.0 Å². The quantitative estimate of drug-likeness (QED) is 0.748. The third kappa shape index (κ3) is 3.33. The summed E-state index contributed by atoms with van der Waals surface area (Å²) in [7, 11) is 1.94. The lowest BCUT2D eigenvalue weighted by atomic mass is 10.0. The van der Waals surface area contributed by atoms with E-state index in [9.17, 15) is 4.79 Å². The van der Waals surface area contributed by atoms with Crippen molar-refractivity contribution in [2.24, 2.45) is 5.73 Å². The Bertz CT molecular complexity index is 804. The van der Waals surface area contributed by atoms with Crippen molar-refractivity contribution in [2.45, 2.75) is 6.54 Å². The van der Waals surface area contributed by atoms with Crippen LogP contribution in [0.5, 0.6) is 0 Å². The van der Waals surface area contributed by atoms with Crippen LogP contribution in [0.2, 0.25) is 0 Å². The van der Waals surface area contributed by atoms with Crippen LogP contribution in [0.1, 0.15) is 15.9 Å². The van der Waals surface area contributed by atoms with Gasteiger partial charge in [-0.25, -0.2) is 0 Å². The topological polar surface area (TPSA) is 55.1 Å². The van der Waals surface area contributed by atoms with Crippen molar-refractivity contribution in [3.8, 4) is 21.6 Å². The van der Waals surface area contributed by atoms with Gasteiger partial charge in [0.1, 0.15) is 0 Å². The van der Waals surface area contributed by atoms with E-state index in [0.717, 1.165) is 22.5 Å². The third-order valence-electron chi connectivity index (χ3n) is 3.75. The van der Waals surface area contributed by atoms with Gasteiger partial charge in [-0.15, -0.1) is 11.3 Å². The van der Waals surface area contributed by atoms with Crippen LogP contribution in [0.4, 0.5) is 0 Å². The maximum Gasteiger partial charge on any atom is 0.250 e. The van der Waals surface area contributed by atoms with E-state index in [1.54, 1.807) is 6.07 Å². The maximum atomic E-state index is 11.5. The molecule has 0 fully saturated rings. The van der Waals surface area contributed by atoms with E-state index in [1.807, 2.05) is 24.6 Å². The highest BCUT2D eigenvalue weighted by atomic mass is 32.1. The molecule has 0 bridgehead atoms. The largest absolute Gasteiger partial charge is 0.366 e. The van der Waals surface area contributed by atoms with Crippen molar-refractivity contribution in [3.63, 3.8) is 0 Å². The Hall–Kier alpha value is -2.43. The molecule has 4 heteroatoms. The Kier molecular flexibility index (Phi) is 4.55. The molecule has 3 N–H and O–H groups in total. The molecule has 0 spiro atoms. The molecular weight excluding hydrogens is 304 g/mol. The molecule has 0 aliphatic carbocycles. The van der Waals surface area contributed by atoms with E-state index in [4.69, 9.17) is 5.73 Å². The van der Waals surface area contributed by atoms with Crippen LogP contribution in [-0.2, 0) is 6.54 Å². The van der Waals surface area contributed by atoms with E-state index in [1.165, 1.54) is 22.5 Å². The number of thiophene rings is 1. The molecule has 3 rings (SSSR count). The Balaban J connectivity index is 1.87. The normalized spacial score (nSPS) is 10.7. The molecule has 0 saturated carbocycles. The molecule has 0 aliphatic heterocycles. The zero-order valence-electron chi connectivity index (χ0n) is 12.9. The number of primary amides is 1. The number of benzene rings is 2. The lowest BCUT2D eigenvalue weighted by molar-refractivity contribution is 0.100. The first-order chi connectivity index (χ1) is 11.2. The molecule has 1 amide bonds. The van der Waals surface area contributed by atoms with Crippen LogP contribution < -0.4 is 11.1 Å².